The van der Waals surface area contributed by atoms with Crippen LogP contribution in [0.3, 0.4) is 0 Å². The number of carbonyl (C=O) groups excluding carboxylic acids is 1. The van der Waals surface area contributed by atoms with Gasteiger partial charge in [0.25, 0.3) is 0 Å². The van der Waals surface area contributed by atoms with Crippen molar-refractivity contribution in [2.45, 2.75) is 26.7 Å². The van der Waals surface area contributed by atoms with E-state index in [0.717, 1.165) is 71.1 Å². The Balaban J connectivity index is 0.000000236. The molecule has 2 heterocycles. The Labute approximate surface area is 268 Å². The molecule has 46 heavy (non-hydrogen) atoms. The number of para-hydroxylation sites is 1. The number of allylic oxidation sites excluding steroid dienone is 4. The molecule has 5 aromatic rings. The largest absolute Gasteiger partial charge is 0.368 e. The molecule has 0 spiro atoms. The van der Waals surface area contributed by atoms with Gasteiger partial charge < -0.3 is 9.80 Å². The summed E-state index contributed by atoms with van der Waals surface area (Å²) in [5.74, 6) is 0.0401. The standard InChI is InChI=1S/C30H29FN2O.C10H6N2/c1-30(2)13-3-4-25-26-11-5-20-18-23(10-12-24(20)29(26)28(34)19-27(25)30)33-16-14-32(15-17-33)22-8-6-21(31)7-9-22;11-6-8-5-9-3-1-2-4-10(9)12-7-8/h3-12,18H,13-17,19H2,1-2H3;1-5,7H. The van der Waals surface area contributed by atoms with Gasteiger partial charge in [-0.2, -0.15) is 5.26 Å². The van der Waals surface area contributed by atoms with Gasteiger partial charge >= 0.3 is 0 Å². The van der Waals surface area contributed by atoms with Crippen molar-refractivity contribution in [1.82, 2.24) is 4.98 Å². The van der Waals surface area contributed by atoms with Crippen LogP contribution in [0.1, 0.15) is 48.2 Å². The molecule has 3 aliphatic rings. The number of Topliss-reactive ketones (excluding diaryl/α,β-unsaturated/α-hetero) is 1. The first kappa shape index (κ1) is 29.4. The third kappa shape index (κ3) is 5.54. The zero-order valence-corrected chi connectivity index (χ0v) is 26.1. The van der Waals surface area contributed by atoms with E-state index in [4.69, 9.17) is 5.26 Å². The summed E-state index contributed by atoms with van der Waals surface area (Å²) in [5, 5.41) is 11.8. The normalized spacial score (nSPS) is 16.9. The highest BCUT2D eigenvalue weighted by Gasteiger charge is 2.35. The number of piperazine rings is 1. The van der Waals surface area contributed by atoms with Crippen LogP contribution >= 0.6 is 0 Å². The molecule has 2 aliphatic carbocycles. The van der Waals surface area contributed by atoms with Gasteiger partial charge in [0, 0.05) is 61.1 Å². The minimum atomic E-state index is -0.199. The lowest BCUT2D eigenvalue weighted by molar-refractivity contribution is 0.0985. The van der Waals surface area contributed by atoms with Crippen molar-refractivity contribution >= 4 is 44.4 Å². The molecule has 0 atom stereocenters. The highest BCUT2D eigenvalue weighted by Crippen LogP contribution is 2.47. The molecule has 1 saturated heterocycles. The molecule has 1 fully saturated rings. The number of hydrogen-bond donors (Lipinski definition) is 0. The van der Waals surface area contributed by atoms with Crippen LogP contribution in [0, 0.1) is 22.6 Å². The number of aromatic nitrogens is 1. The molecule has 1 aliphatic heterocycles. The summed E-state index contributed by atoms with van der Waals surface area (Å²) >= 11 is 0. The lowest BCUT2D eigenvalue weighted by Crippen LogP contribution is -2.46. The number of fused-ring (bicyclic) bond motifs is 5. The second-order valence-corrected chi connectivity index (χ2v) is 12.9. The first-order valence-electron chi connectivity index (χ1n) is 15.8. The number of ketones is 1. The SMILES string of the molecule is CC1(C)CC=CC2=C1CC(=O)c1c2ccc2cc(N3CCN(c4ccc(F)cc4)CC3)ccc12.N#Cc1cnc2ccccc2c1. The summed E-state index contributed by atoms with van der Waals surface area (Å²) in [4.78, 5) is 22.2. The maximum absolute atomic E-state index is 13.3. The zero-order valence-electron chi connectivity index (χ0n) is 26.1. The number of anilines is 2. The number of nitriles is 1. The van der Waals surface area contributed by atoms with E-state index in [2.05, 4.69) is 77.2 Å². The Hall–Kier alpha value is -5.28. The summed E-state index contributed by atoms with van der Waals surface area (Å²) in [6.45, 7) is 8.09. The monoisotopic (exact) mass is 606 g/mol. The highest BCUT2D eigenvalue weighted by molar-refractivity contribution is 6.16. The number of pyridine rings is 1. The van der Waals surface area contributed by atoms with Crippen molar-refractivity contribution in [3.05, 3.63) is 131 Å². The minimum absolute atomic E-state index is 0.0340. The van der Waals surface area contributed by atoms with Crippen molar-refractivity contribution in [3.8, 4) is 6.07 Å². The van der Waals surface area contributed by atoms with Crippen LogP contribution in [-0.2, 0) is 0 Å². The number of benzene rings is 4. The van der Waals surface area contributed by atoms with E-state index in [0.29, 0.717) is 12.0 Å². The molecule has 0 bridgehead atoms. The summed E-state index contributed by atoms with van der Waals surface area (Å²) < 4.78 is 13.3. The molecule has 228 valence electrons. The summed E-state index contributed by atoms with van der Waals surface area (Å²) in [6.07, 6.45) is 7.55. The highest BCUT2D eigenvalue weighted by atomic mass is 19.1. The molecule has 0 N–H and O–H groups in total. The summed E-state index contributed by atoms with van der Waals surface area (Å²) in [7, 11) is 0. The summed E-state index contributed by atoms with van der Waals surface area (Å²) in [5.41, 5.74) is 8.31. The number of hydrogen-bond acceptors (Lipinski definition) is 5. The zero-order chi connectivity index (χ0) is 31.8. The van der Waals surface area contributed by atoms with Crippen LogP contribution in [-0.4, -0.2) is 36.9 Å². The van der Waals surface area contributed by atoms with Crippen molar-refractivity contribution in [1.29, 1.82) is 5.26 Å². The van der Waals surface area contributed by atoms with Gasteiger partial charge in [-0.25, -0.2) is 4.39 Å². The van der Waals surface area contributed by atoms with Crippen LogP contribution in [0.5, 0.6) is 0 Å². The third-order valence-corrected chi connectivity index (χ3v) is 9.52. The molecule has 5 nitrogen and oxygen atoms in total. The third-order valence-electron chi connectivity index (χ3n) is 9.52. The molecular formula is C40H35FN4O. The summed E-state index contributed by atoms with van der Waals surface area (Å²) in [6, 6.07) is 29.2. The Morgan fingerprint density at radius 3 is 2.33 bits per heavy atom. The van der Waals surface area contributed by atoms with Crippen molar-refractivity contribution in [2.75, 3.05) is 36.0 Å². The maximum atomic E-state index is 13.3. The topological polar surface area (TPSA) is 60.2 Å². The van der Waals surface area contributed by atoms with E-state index in [1.807, 2.05) is 42.5 Å². The first-order chi connectivity index (χ1) is 22.3. The number of nitrogens with zero attached hydrogens (tertiary/aromatic N) is 4. The number of carbonyl (C=O) groups is 1. The Bertz CT molecular complexity index is 2080. The molecule has 0 unspecified atom stereocenters. The van der Waals surface area contributed by atoms with Crippen molar-refractivity contribution in [2.24, 2.45) is 5.41 Å². The van der Waals surface area contributed by atoms with E-state index in [-0.39, 0.29) is 17.0 Å². The second kappa shape index (κ2) is 11.9. The smallest absolute Gasteiger partial charge is 0.168 e. The Morgan fingerprint density at radius 1 is 0.848 bits per heavy atom. The van der Waals surface area contributed by atoms with E-state index in [1.54, 1.807) is 6.20 Å². The van der Waals surface area contributed by atoms with Gasteiger partial charge in [0.1, 0.15) is 11.9 Å². The van der Waals surface area contributed by atoms with Gasteiger partial charge in [0.15, 0.2) is 5.78 Å². The van der Waals surface area contributed by atoms with Crippen LogP contribution in [0.15, 0.2) is 109 Å². The fraction of sp³-hybridized carbons (Fsp3) is 0.225. The molecule has 6 heteroatoms. The lowest BCUT2D eigenvalue weighted by atomic mass is 9.68. The predicted octanol–water partition coefficient (Wildman–Crippen LogP) is 8.74. The molecule has 0 radical (unpaired) electrons. The van der Waals surface area contributed by atoms with E-state index in [1.165, 1.54) is 29.0 Å². The first-order valence-corrected chi connectivity index (χ1v) is 15.8. The number of rotatable bonds is 2. The maximum Gasteiger partial charge on any atom is 0.168 e. The fourth-order valence-electron chi connectivity index (χ4n) is 6.94. The van der Waals surface area contributed by atoms with Crippen LogP contribution < -0.4 is 9.80 Å². The van der Waals surface area contributed by atoms with Crippen LogP contribution in [0.4, 0.5) is 15.8 Å². The number of halogens is 1. The van der Waals surface area contributed by atoms with Crippen LogP contribution in [0.25, 0.3) is 27.2 Å². The Kier molecular flexibility index (Phi) is 7.62. The van der Waals surface area contributed by atoms with Gasteiger partial charge in [0.2, 0.25) is 0 Å². The molecule has 0 amide bonds. The molecule has 8 rings (SSSR count). The average Bonchev–Trinajstić information content (AvgIpc) is 3.08. The second-order valence-electron chi connectivity index (χ2n) is 12.9. The lowest BCUT2D eigenvalue weighted by Gasteiger charge is -2.37. The molecule has 4 aromatic carbocycles. The van der Waals surface area contributed by atoms with Gasteiger partial charge in [-0.05, 0) is 87.8 Å². The van der Waals surface area contributed by atoms with Crippen molar-refractivity contribution in [3.63, 3.8) is 0 Å². The molecule has 1 aromatic heterocycles. The minimum Gasteiger partial charge on any atom is -0.368 e. The molecular weight excluding hydrogens is 571 g/mol. The van der Waals surface area contributed by atoms with E-state index < -0.39 is 0 Å². The van der Waals surface area contributed by atoms with Gasteiger partial charge in [-0.15, -0.1) is 0 Å². The molecule has 0 saturated carbocycles. The van der Waals surface area contributed by atoms with Crippen molar-refractivity contribution < 1.29 is 9.18 Å². The van der Waals surface area contributed by atoms with Crippen LogP contribution in [0.2, 0.25) is 0 Å². The average molecular weight is 607 g/mol. The quantitative estimate of drug-likeness (QED) is 0.201. The van der Waals surface area contributed by atoms with Gasteiger partial charge in [-0.1, -0.05) is 62.4 Å². The Morgan fingerprint density at radius 2 is 1.57 bits per heavy atom. The van der Waals surface area contributed by atoms with E-state index in [9.17, 15) is 9.18 Å². The van der Waals surface area contributed by atoms with Gasteiger partial charge in [0.05, 0.1) is 11.1 Å². The van der Waals surface area contributed by atoms with Gasteiger partial charge in [-0.3, -0.25) is 9.78 Å². The predicted molar refractivity (Wildman–Crippen MR) is 185 cm³/mol. The fourth-order valence-corrected chi connectivity index (χ4v) is 6.94. The van der Waals surface area contributed by atoms with E-state index >= 15 is 0 Å².